The number of nitrogens with two attached hydrogens (primary N) is 1. The smallest absolute Gasteiger partial charge is 0.253 e. The highest BCUT2D eigenvalue weighted by Crippen LogP contribution is 2.38. The third-order valence-electron chi connectivity index (χ3n) is 2.96. The van der Waals surface area contributed by atoms with Crippen LogP contribution in [0.5, 0.6) is 0 Å². The molecule has 8 heteroatoms. The van der Waals surface area contributed by atoms with Crippen molar-refractivity contribution < 1.29 is 8.78 Å². The fourth-order valence-electron chi connectivity index (χ4n) is 1.79. The van der Waals surface area contributed by atoms with Gasteiger partial charge in [0.1, 0.15) is 11.6 Å². The Bertz CT molecular complexity index is 683. The van der Waals surface area contributed by atoms with Gasteiger partial charge in [-0.1, -0.05) is 18.5 Å². The molecule has 0 bridgehead atoms. The minimum atomic E-state index is -3.02. The zero-order chi connectivity index (χ0) is 14.4. The molecule has 2 aromatic rings. The summed E-state index contributed by atoms with van der Waals surface area (Å²) in [5, 5.41) is 13.0. The van der Waals surface area contributed by atoms with Crippen LogP contribution in [0.4, 0.5) is 14.7 Å². The molecule has 1 unspecified atom stereocenters. The number of nitriles is 1. The van der Waals surface area contributed by atoms with E-state index in [-0.39, 0.29) is 27.7 Å². The maximum absolute atomic E-state index is 13.5. The predicted octanol–water partition coefficient (Wildman–Crippen LogP) is 2.60. The van der Waals surface area contributed by atoms with Gasteiger partial charge in [-0.25, -0.2) is 18.3 Å². The van der Waals surface area contributed by atoms with E-state index in [0.717, 1.165) is 11.4 Å². The van der Waals surface area contributed by atoms with E-state index in [2.05, 4.69) is 10.1 Å². The van der Waals surface area contributed by atoms with Crippen LogP contribution < -0.4 is 5.73 Å². The number of hydrogen-bond acceptors (Lipinski definition) is 4. The Hall–Kier alpha value is -1.94. The summed E-state index contributed by atoms with van der Waals surface area (Å²) in [6.45, 7) is 2.08. The lowest BCUT2D eigenvalue weighted by Crippen LogP contribution is -2.22. The molecule has 0 spiro atoms. The van der Waals surface area contributed by atoms with E-state index in [1.807, 2.05) is 6.07 Å². The van der Waals surface area contributed by atoms with E-state index < -0.39 is 11.8 Å². The average molecular weight is 286 g/mol. The molecule has 5 nitrogen and oxygen atoms in total. The summed E-state index contributed by atoms with van der Waals surface area (Å²) >= 11 is 6.00. The highest BCUT2D eigenvalue weighted by Gasteiger charge is 2.37. The van der Waals surface area contributed by atoms with Crippen molar-refractivity contribution in [3.8, 4) is 6.07 Å². The minimum Gasteiger partial charge on any atom is -0.367 e. The van der Waals surface area contributed by atoms with Crippen molar-refractivity contribution in [2.45, 2.75) is 25.7 Å². The van der Waals surface area contributed by atoms with Crippen LogP contribution in [0.25, 0.3) is 5.52 Å². The molecule has 0 amide bonds. The topological polar surface area (TPSA) is 80.0 Å². The van der Waals surface area contributed by atoms with Gasteiger partial charge >= 0.3 is 0 Å². The fraction of sp³-hybridized carbons (Fsp3) is 0.364. The summed E-state index contributed by atoms with van der Waals surface area (Å²) in [6.07, 6.45) is 1.30. The van der Waals surface area contributed by atoms with Gasteiger partial charge in [-0.15, -0.1) is 5.10 Å². The maximum Gasteiger partial charge on any atom is 0.253 e. The van der Waals surface area contributed by atoms with Gasteiger partial charge in [0.2, 0.25) is 5.95 Å². The van der Waals surface area contributed by atoms with E-state index in [1.54, 1.807) is 0 Å². The molecule has 0 saturated carbocycles. The molecule has 2 aromatic heterocycles. The first-order valence-electron chi connectivity index (χ1n) is 5.38. The average Bonchev–Trinajstić information content (AvgIpc) is 2.59. The molecule has 2 heterocycles. The summed E-state index contributed by atoms with van der Waals surface area (Å²) in [5.74, 6) is -4.35. The summed E-state index contributed by atoms with van der Waals surface area (Å²) in [7, 11) is 0. The fourth-order valence-corrected chi connectivity index (χ4v) is 2.06. The Kier molecular flexibility index (Phi) is 3.06. The van der Waals surface area contributed by atoms with Crippen molar-refractivity contribution >= 4 is 23.1 Å². The normalized spacial score (nSPS) is 13.5. The van der Waals surface area contributed by atoms with Gasteiger partial charge in [-0.3, -0.25) is 0 Å². The van der Waals surface area contributed by atoms with Crippen molar-refractivity contribution in [2.24, 2.45) is 0 Å². The largest absolute Gasteiger partial charge is 0.367 e. The van der Waals surface area contributed by atoms with Gasteiger partial charge in [-0.05, 0) is 0 Å². The van der Waals surface area contributed by atoms with Crippen molar-refractivity contribution in [1.82, 2.24) is 14.6 Å². The molecule has 0 fully saturated rings. The van der Waals surface area contributed by atoms with Gasteiger partial charge in [0, 0.05) is 6.92 Å². The van der Waals surface area contributed by atoms with Gasteiger partial charge in [0.05, 0.1) is 28.4 Å². The molecular formula is C11H10ClF2N5. The van der Waals surface area contributed by atoms with Gasteiger partial charge in [-0.2, -0.15) is 5.26 Å². The van der Waals surface area contributed by atoms with Crippen molar-refractivity contribution in [2.75, 3.05) is 5.73 Å². The highest BCUT2D eigenvalue weighted by molar-refractivity contribution is 6.35. The van der Waals surface area contributed by atoms with Crippen molar-refractivity contribution in [1.29, 1.82) is 5.26 Å². The Morgan fingerprint density at radius 1 is 1.58 bits per heavy atom. The van der Waals surface area contributed by atoms with Crippen LogP contribution in [0, 0.1) is 11.3 Å². The number of halogens is 3. The van der Waals surface area contributed by atoms with Crippen LogP contribution in [0.3, 0.4) is 0 Å². The first kappa shape index (κ1) is 13.5. The second-order valence-electron chi connectivity index (χ2n) is 4.28. The molecule has 0 aromatic carbocycles. The third-order valence-corrected chi connectivity index (χ3v) is 3.34. The molecular weight excluding hydrogens is 276 g/mol. The van der Waals surface area contributed by atoms with Crippen LogP contribution in [0.2, 0.25) is 5.02 Å². The number of hydrogen-bond donors (Lipinski definition) is 1. The number of anilines is 1. The van der Waals surface area contributed by atoms with E-state index in [4.69, 9.17) is 22.6 Å². The molecule has 0 aliphatic heterocycles. The van der Waals surface area contributed by atoms with Crippen LogP contribution in [0.1, 0.15) is 31.0 Å². The maximum atomic E-state index is 13.5. The number of nitrogens with zero attached hydrogens (tertiary/aromatic N) is 4. The number of alkyl halides is 2. The minimum absolute atomic E-state index is 0.0316. The number of rotatable bonds is 2. The number of fused-ring (bicyclic) bond motifs is 1. The lowest BCUT2D eigenvalue weighted by molar-refractivity contribution is -0.00401. The van der Waals surface area contributed by atoms with Crippen LogP contribution in [0.15, 0.2) is 6.20 Å². The number of aromatic nitrogens is 3. The third kappa shape index (κ3) is 2.08. The lowest BCUT2D eigenvalue weighted by atomic mass is 9.98. The molecule has 0 radical (unpaired) electrons. The van der Waals surface area contributed by atoms with E-state index in [9.17, 15) is 8.78 Å². The summed E-state index contributed by atoms with van der Waals surface area (Å²) in [6, 6.07) is 1.83. The lowest BCUT2D eigenvalue weighted by Gasteiger charge is -2.19. The quantitative estimate of drug-likeness (QED) is 0.919. The Morgan fingerprint density at radius 2 is 2.21 bits per heavy atom. The van der Waals surface area contributed by atoms with E-state index in [1.165, 1.54) is 13.1 Å². The van der Waals surface area contributed by atoms with Crippen molar-refractivity contribution in [3.05, 3.63) is 22.5 Å². The molecule has 0 aliphatic carbocycles. The molecule has 0 saturated heterocycles. The van der Waals surface area contributed by atoms with Crippen molar-refractivity contribution in [3.63, 3.8) is 0 Å². The zero-order valence-electron chi connectivity index (χ0n) is 10.2. The zero-order valence-corrected chi connectivity index (χ0v) is 10.9. The molecule has 1 atom stereocenters. The summed E-state index contributed by atoms with van der Waals surface area (Å²) in [5.41, 5.74) is 5.72. The molecule has 2 rings (SSSR count). The summed E-state index contributed by atoms with van der Waals surface area (Å²) < 4.78 is 28.2. The van der Waals surface area contributed by atoms with E-state index >= 15 is 0 Å². The van der Waals surface area contributed by atoms with Gasteiger partial charge in [0.25, 0.3) is 5.92 Å². The van der Waals surface area contributed by atoms with Gasteiger partial charge in [0.15, 0.2) is 0 Å². The summed E-state index contributed by atoms with van der Waals surface area (Å²) in [4.78, 5) is 3.74. The molecule has 100 valence electrons. The Morgan fingerprint density at radius 3 is 2.74 bits per heavy atom. The monoisotopic (exact) mass is 285 g/mol. The van der Waals surface area contributed by atoms with Crippen LogP contribution in [-0.4, -0.2) is 20.5 Å². The SMILES string of the molecule is CC(c1c(C#N)c(Cl)c2cnc(N)nn12)C(C)(F)F. The first-order chi connectivity index (χ1) is 8.77. The second kappa shape index (κ2) is 4.31. The van der Waals surface area contributed by atoms with E-state index in [0.29, 0.717) is 0 Å². The highest BCUT2D eigenvalue weighted by atomic mass is 35.5. The molecule has 2 N–H and O–H groups in total. The molecule has 0 aliphatic rings. The molecule has 19 heavy (non-hydrogen) atoms. The Balaban J connectivity index is 2.85. The van der Waals surface area contributed by atoms with Gasteiger partial charge < -0.3 is 5.73 Å². The Labute approximate surface area is 112 Å². The van der Waals surface area contributed by atoms with Crippen LogP contribution in [-0.2, 0) is 0 Å². The second-order valence-corrected chi connectivity index (χ2v) is 4.66. The van der Waals surface area contributed by atoms with Crippen LogP contribution >= 0.6 is 11.6 Å². The number of nitrogen functional groups attached to an aromatic ring is 1. The standard InChI is InChI=1S/C11H10ClF2N5/c1-5(11(2,13)14)9-6(3-15)8(12)7-4-17-10(16)18-19(7)9/h4-5H,1-2H3,(H2,16,18). The first-order valence-corrected chi connectivity index (χ1v) is 5.75. The predicted molar refractivity (Wildman–Crippen MR) is 66.2 cm³/mol.